The Morgan fingerprint density at radius 3 is 2.76 bits per heavy atom. The summed E-state index contributed by atoms with van der Waals surface area (Å²) in [5.41, 5.74) is 7.14. The Balaban J connectivity index is 0.00000220. The first-order valence-electron chi connectivity index (χ1n) is 7.31. The van der Waals surface area contributed by atoms with E-state index in [4.69, 9.17) is 10.5 Å². The van der Waals surface area contributed by atoms with E-state index in [-0.39, 0.29) is 31.0 Å². The van der Waals surface area contributed by atoms with Crippen LogP contribution in [0.1, 0.15) is 38.2 Å². The lowest BCUT2D eigenvalue weighted by atomic mass is 10.0. The molecule has 0 aromatic heterocycles. The van der Waals surface area contributed by atoms with Crippen molar-refractivity contribution in [3.05, 3.63) is 29.8 Å². The number of amides is 1. The van der Waals surface area contributed by atoms with E-state index in [9.17, 15) is 4.79 Å². The lowest BCUT2D eigenvalue weighted by molar-refractivity contribution is -0.123. The first kappa shape index (κ1) is 17.8. The maximum atomic E-state index is 11.7. The largest absolute Gasteiger partial charge is 0.484 e. The van der Waals surface area contributed by atoms with Gasteiger partial charge in [0.15, 0.2) is 6.61 Å². The van der Waals surface area contributed by atoms with Gasteiger partial charge in [-0.3, -0.25) is 4.79 Å². The van der Waals surface area contributed by atoms with E-state index >= 15 is 0 Å². The minimum atomic E-state index is -0.115. The van der Waals surface area contributed by atoms with Gasteiger partial charge in [-0.25, -0.2) is 0 Å². The number of benzene rings is 1. The highest BCUT2D eigenvalue weighted by Gasteiger charge is 2.28. The lowest BCUT2D eigenvalue weighted by Crippen LogP contribution is -2.40. The average Bonchev–Trinajstić information content (AvgIpc) is 3.27. The van der Waals surface area contributed by atoms with Crippen molar-refractivity contribution in [1.82, 2.24) is 5.32 Å². The fourth-order valence-corrected chi connectivity index (χ4v) is 2.09. The molecular weight excluding hydrogens is 288 g/mol. The van der Waals surface area contributed by atoms with E-state index in [1.54, 1.807) is 0 Å². The Bertz CT molecular complexity index is 461. The van der Waals surface area contributed by atoms with E-state index in [0.29, 0.717) is 18.4 Å². The molecule has 0 saturated heterocycles. The number of halogens is 1. The van der Waals surface area contributed by atoms with Gasteiger partial charge in [0.1, 0.15) is 5.75 Å². The Labute approximate surface area is 132 Å². The Morgan fingerprint density at radius 2 is 2.14 bits per heavy atom. The van der Waals surface area contributed by atoms with Gasteiger partial charge in [0.25, 0.3) is 5.91 Å². The fourth-order valence-electron chi connectivity index (χ4n) is 2.09. The van der Waals surface area contributed by atoms with Crippen molar-refractivity contribution in [2.24, 2.45) is 11.7 Å². The van der Waals surface area contributed by atoms with Crippen molar-refractivity contribution in [3.63, 3.8) is 0 Å². The smallest absolute Gasteiger partial charge is 0.257 e. The summed E-state index contributed by atoms with van der Waals surface area (Å²) < 4.78 is 5.51. The molecule has 1 aromatic rings. The van der Waals surface area contributed by atoms with E-state index in [1.807, 2.05) is 18.2 Å². The maximum absolute atomic E-state index is 11.7. The van der Waals surface area contributed by atoms with E-state index in [1.165, 1.54) is 18.4 Å². The summed E-state index contributed by atoms with van der Waals surface area (Å²) in [5, 5.41) is 2.82. The molecule has 5 heteroatoms. The molecule has 1 fully saturated rings. The first-order chi connectivity index (χ1) is 9.56. The molecule has 0 bridgehead atoms. The van der Waals surface area contributed by atoms with Crippen molar-refractivity contribution >= 4 is 18.3 Å². The number of ether oxygens (including phenoxy) is 1. The monoisotopic (exact) mass is 312 g/mol. The zero-order valence-electron chi connectivity index (χ0n) is 12.7. The average molecular weight is 313 g/mol. The summed E-state index contributed by atoms with van der Waals surface area (Å²) in [6.45, 7) is 4.84. The zero-order valence-corrected chi connectivity index (χ0v) is 13.5. The van der Waals surface area contributed by atoms with Crippen LogP contribution in [0, 0.1) is 5.92 Å². The molecule has 0 radical (unpaired) electrons. The maximum Gasteiger partial charge on any atom is 0.257 e. The molecule has 1 saturated carbocycles. The van der Waals surface area contributed by atoms with Crippen LogP contribution in [0.2, 0.25) is 0 Å². The van der Waals surface area contributed by atoms with Crippen molar-refractivity contribution in [3.8, 4) is 5.75 Å². The molecule has 21 heavy (non-hydrogen) atoms. The predicted molar refractivity (Wildman–Crippen MR) is 87.0 cm³/mol. The predicted octanol–water partition coefficient (Wildman–Crippen LogP) is 2.46. The van der Waals surface area contributed by atoms with Gasteiger partial charge >= 0.3 is 0 Å². The molecule has 1 unspecified atom stereocenters. The third kappa shape index (κ3) is 5.94. The number of nitrogens with one attached hydrogen (secondary N) is 1. The Hall–Kier alpha value is -1.26. The number of hydrogen-bond acceptors (Lipinski definition) is 3. The molecule has 2 rings (SSSR count). The van der Waals surface area contributed by atoms with Crippen LogP contribution < -0.4 is 15.8 Å². The third-order valence-corrected chi connectivity index (χ3v) is 3.66. The van der Waals surface area contributed by atoms with Crippen LogP contribution in [0.5, 0.6) is 5.75 Å². The van der Waals surface area contributed by atoms with Gasteiger partial charge in [-0.1, -0.05) is 26.0 Å². The van der Waals surface area contributed by atoms with Crippen LogP contribution >= 0.6 is 12.4 Å². The molecule has 1 amide bonds. The molecule has 4 nitrogen and oxygen atoms in total. The SMILES string of the molecule is CC(C)c1cccc(OCC(=O)NCC(N)C2CC2)c1.Cl. The van der Waals surface area contributed by atoms with Crippen molar-refractivity contribution < 1.29 is 9.53 Å². The van der Waals surface area contributed by atoms with Gasteiger partial charge in [-0.15, -0.1) is 12.4 Å². The summed E-state index contributed by atoms with van der Waals surface area (Å²) in [4.78, 5) is 11.7. The highest BCUT2D eigenvalue weighted by atomic mass is 35.5. The fraction of sp³-hybridized carbons (Fsp3) is 0.562. The second-order valence-corrected chi connectivity index (χ2v) is 5.82. The number of rotatable bonds is 7. The molecule has 0 heterocycles. The highest BCUT2D eigenvalue weighted by Crippen LogP contribution is 2.31. The quantitative estimate of drug-likeness (QED) is 0.813. The van der Waals surface area contributed by atoms with E-state index in [0.717, 1.165) is 5.75 Å². The second-order valence-electron chi connectivity index (χ2n) is 5.82. The van der Waals surface area contributed by atoms with Crippen LogP contribution in [0.25, 0.3) is 0 Å². The summed E-state index contributed by atoms with van der Waals surface area (Å²) in [7, 11) is 0. The van der Waals surface area contributed by atoms with Crippen LogP contribution in [0.4, 0.5) is 0 Å². The standard InChI is InChI=1S/C16H24N2O2.ClH/c1-11(2)13-4-3-5-14(8-13)20-10-16(19)18-9-15(17)12-6-7-12;/h3-5,8,11-12,15H,6-7,9-10,17H2,1-2H3,(H,18,19);1H. The topological polar surface area (TPSA) is 64.3 Å². The molecule has 3 N–H and O–H groups in total. The van der Waals surface area contributed by atoms with Gasteiger partial charge in [0.05, 0.1) is 0 Å². The van der Waals surface area contributed by atoms with Crippen molar-refractivity contribution in [2.45, 2.75) is 38.6 Å². The van der Waals surface area contributed by atoms with Gasteiger partial charge in [-0.2, -0.15) is 0 Å². The molecule has 1 aliphatic carbocycles. The van der Waals surface area contributed by atoms with Crippen LogP contribution in [0.3, 0.4) is 0 Å². The van der Waals surface area contributed by atoms with Gasteiger partial charge in [-0.05, 0) is 42.4 Å². The summed E-state index contributed by atoms with van der Waals surface area (Å²) >= 11 is 0. The highest BCUT2D eigenvalue weighted by molar-refractivity contribution is 5.85. The Morgan fingerprint density at radius 1 is 1.43 bits per heavy atom. The minimum Gasteiger partial charge on any atom is -0.484 e. The molecule has 1 aliphatic rings. The Kier molecular flexibility index (Phi) is 6.99. The van der Waals surface area contributed by atoms with Gasteiger partial charge in [0, 0.05) is 12.6 Å². The molecule has 1 aromatic carbocycles. The summed E-state index contributed by atoms with van der Waals surface area (Å²) in [6.07, 6.45) is 2.38. The summed E-state index contributed by atoms with van der Waals surface area (Å²) in [6, 6.07) is 7.95. The van der Waals surface area contributed by atoms with Crippen LogP contribution in [0.15, 0.2) is 24.3 Å². The normalized spacial score (nSPS) is 15.2. The number of nitrogens with two attached hydrogens (primary N) is 1. The van der Waals surface area contributed by atoms with E-state index in [2.05, 4.69) is 25.2 Å². The minimum absolute atomic E-state index is 0. The number of carbonyl (C=O) groups excluding carboxylic acids is 1. The molecular formula is C16H25ClN2O2. The van der Waals surface area contributed by atoms with Crippen molar-refractivity contribution in [2.75, 3.05) is 13.2 Å². The molecule has 1 atom stereocenters. The lowest BCUT2D eigenvalue weighted by Gasteiger charge is -2.13. The third-order valence-electron chi connectivity index (χ3n) is 3.66. The summed E-state index contributed by atoms with van der Waals surface area (Å²) in [5.74, 6) is 1.66. The number of hydrogen-bond donors (Lipinski definition) is 2. The van der Waals surface area contributed by atoms with Gasteiger partial charge in [0.2, 0.25) is 0 Å². The second kappa shape index (κ2) is 8.25. The molecule has 0 spiro atoms. The van der Waals surface area contributed by atoms with Crippen molar-refractivity contribution in [1.29, 1.82) is 0 Å². The molecule has 118 valence electrons. The van der Waals surface area contributed by atoms with Gasteiger partial charge < -0.3 is 15.8 Å². The molecule has 0 aliphatic heterocycles. The van der Waals surface area contributed by atoms with E-state index < -0.39 is 0 Å². The van der Waals surface area contributed by atoms with Crippen LogP contribution in [-0.4, -0.2) is 25.1 Å². The number of carbonyl (C=O) groups is 1. The first-order valence-corrected chi connectivity index (χ1v) is 7.31. The van der Waals surface area contributed by atoms with Crippen LogP contribution in [-0.2, 0) is 4.79 Å². The zero-order chi connectivity index (χ0) is 14.5.